The van der Waals surface area contributed by atoms with Crippen molar-refractivity contribution in [3.05, 3.63) is 46.4 Å². The zero-order valence-electron chi connectivity index (χ0n) is 15.0. The third-order valence-corrected chi connectivity index (χ3v) is 4.88. The fourth-order valence-electron chi connectivity index (χ4n) is 3.39. The van der Waals surface area contributed by atoms with Crippen LogP contribution < -0.4 is 16.7 Å². The molecule has 0 radical (unpaired) electrons. The summed E-state index contributed by atoms with van der Waals surface area (Å²) in [7, 11) is 0. The van der Waals surface area contributed by atoms with Crippen LogP contribution in [0.2, 0.25) is 0 Å². The van der Waals surface area contributed by atoms with Crippen molar-refractivity contribution in [2.75, 3.05) is 6.54 Å². The van der Waals surface area contributed by atoms with E-state index in [2.05, 4.69) is 20.4 Å². The Morgan fingerprint density at radius 1 is 1.33 bits per heavy atom. The SMILES string of the molecule is NC1CCc2nn(CC(=O)NCCc3nc4ccccc4[nH]3)c(=O)n2CC1. The maximum atomic E-state index is 12.4. The number of nitrogens with zero attached hydrogens (tertiary/aromatic N) is 4. The van der Waals surface area contributed by atoms with Gasteiger partial charge in [-0.05, 0) is 25.0 Å². The Balaban J connectivity index is 1.33. The Morgan fingerprint density at radius 2 is 2.19 bits per heavy atom. The summed E-state index contributed by atoms with van der Waals surface area (Å²) in [5.74, 6) is 1.29. The summed E-state index contributed by atoms with van der Waals surface area (Å²) in [5, 5.41) is 7.14. The Hall–Kier alpha value is -2.94. The highest BCUT2D eigenvalue weighted by Gasteiger charge is 2.19. The fraction of sp³-hybridized carbons (Fsp3) is 0.444. The van der Waals surface area contributed by atoms with Gasteiger partial charge in [0.2, 0.25) is 5.91 Å². The van der Waals surface area contributed by atoms with Gasteiger partial charge in [-0.1, -0.05) is 12.1 Å². The predicted molar refractivity (Wildman–Crippen MR) is 100 cm³/mol. The minimum absolute atomic E-state index is 0.0784. The van der Waals surface area contributed by atoms with Crippen LogP contribution >= 0.6 is 0 Å². The Kier molecular flexibility index (Phi) is 4.76. The highest BCUT2D eigenvalue weighted by atomic mass is 16.2. The van der Waals surface area contributed by atoms with Gasteiger partial charge in [0.1, 0.15) is 18.2 Å². The molecule has 0 bridgehead atoms. The van der Waals surface area contributed by atoms with E-state index in [1.807, 2.05) is 24.3 Å². The van der Waals surface area contributed by atoms with Crippen molar-refractivity contribution in [1.29, 1.82) is 0 Å². The molecular formula is C18H23N7O2. The van der Waals surface area contributed by atoms with Gasteiger partial charge in [0, 0.05) is 32.0 Å². The van der Waals surface area contributed by atoms with E-state index in [1.165, 1.54) is 4.68 Å². The van der Waals surface area contributed by atoms with Crippen molar-refractivity contribution < 1.29 is 4.79 Å². The van der Waals surface area contributed by atoms with Crippen molar-refractivity contribution in [2.24, 2.45) is 5.73 Å². The number of aromatic nitrogens is 5. The van der Waals surface area contributed by atoms with Crippen molar-refractivity contribution in [3.8, 4) is 0 Å². The zero-order chi connectivity index (χ0) is 18.8. The van der Waals surface area contributed by atoms with Gasteiger partial charge < -0.3 is 16.0 Å². The smallest absolute Gasteiger partial charge is 0.346 e. The van der Waals surface area contributed by atoms with Crippen LogP contribution in [0.3, 0.4) is 0 Å². The molecule has 9 nitrogen and oxygen atoms in total. The predicted octanol–water partition coefficient (Wildman–Crippen LogP) is -0.0564. The van der Waals surface area contributed by atoms with Crippen molar-refractivity contribution >= 4 is 16.9 Å². The summed E-state index contributed by atoms with van der Waals surface area (Å²) >= 11 is 0. The average molecular weight is 369 g/mol. The number of H-pyrrole nitrogens is 1. The minimum atomic E-state index is -0.244. The van der Waals surface area contributed by atoms with E-state index in [-0.39, 0.29) is 24.2 Å². The third kappa shape index (κ3) is 3.77. The van der Waals surface area contributed by atoms with E-state index in [9.17, 15) is 9.59 Å². The number of benzene rings is 1. The molecule has 142 valence electrons. The second-order valence-corrected chi connectivity index (χ2v) is 6.90. The summed E-state index contributed by atoms with van der Waals surface area (Å²) in [5.41, 5.74) is 7.59. The zero-order valence-corrected chi connectivity index (χ0v) is 15.0. The monoisotopic (exact) mass is 369 g/mol. The van der Waals surface area contributed by atoms with Gasteiger partial charge in [-0.25, -0.2) is 14.5 Å². The lowest BCUT2D eigenvalue weighted by Crippen LogP contribution is -2.35. The molecule has 3 aromatic rings. The van der Waals surface area contributed by atoms with E-state index in [4.69, 9.17) is 5.73 Å². The number of nitrogens with two attached hydrogens (primary N) is 1. The van der Waals surface area contributed by atoms with Crippen LogP contribution in [0.15, 0.2) is 29.1 Å². The summed E-state index contributed by atoms with van der Waals surface area (Å²) in [4.78, 5) is 32.3. The first kappa shape index (κ1) is 17.5. The van der Waals surface area contributed by atoms with Crippen LogP contribution in [0.1, 0.15) is 24.5 Å². The Labute approximate surface area is 155 Å². The van der Waals surface area contributed by atoms with Crippen LogP contribution in [0, 0.1) is 0 Å². The molecule has 27 heavy (non-hydrogen) atoms. The molecule has 3 heterocycles. The number of imidazole rings is 1. The summed E-state index contributed by atoms with van der Waals surface area (Å²) in [6.07, 6.45) is 2.81. The molecule has 9 heteroatoms. The number of rotatable bonds is 5. The van der Waals surface area contributed by atoms with Crippen molar-refractivity contribution in [2.45, 2.75) is 44.8 Å². The second-order valence-electron chi connectivity index (χ2n) is 6.90. The molecule has 0 fully saturated rings. The number of fused-ring (bicyclic) bond motifs is 2. The Morgan fingerprint density at radius 3 is 3.04 bits per heavy atom. The number of para-hydroxylation sites is 2. The van der Waals surface area contributed by atoms with Gasteiger partial charge in [-0.2, -0.15) is 5.10 Å². The van der Waals surface area contributed by atoms with Gasteiger partial charge in [-0.15, -0.1) is 0 Å². The molecule has 1 aromatic carbocycles. The number of carbonyl (C=O) groups excluding carboxylic acids is 1. The topological polar surface area (TPSA) is 124 Å². The average Bonchev–Trinajstić information content (AvgIpc) is 3.13. The molecular weight excluding hydrogens is 346 g/mol. The molecule has 4 rings (SSSR count). The Bertz CT molecular complexity index is 983. The molecule has 1 aliphatic heterocycles. The maximum Gasteiger partial charge on any atom is 0.346 e. The summed E-state index contributed by atoms with van der Waals surface area (Å²) in [6, 6.07) is 7.89. The number of amides is 1. The van der Waals surface area contributed by atoms with E-state index >= 15 is 0 Å². The van der Waals surface area contributed by atoms with Crippen LogP contribution in [0.4, 0.5) is 0 Å². The van der Waals surface area contributed by atoms with Crippen LogP contribution in [-0.4, -0.2) is 42.8 Å². The number of carbonyl (C=O) groups is 1. The standard InChI is InChI=1S/C18H23N7O2/c19-12-5-6-16-23-25(18(27)24(16)10-8-12)11-17(26)20-9-7-15-21-13-3-1-2-4-14(13)22-15/h1-4,12H,5-11,19H2,(H,20,26)(H,21,22). The van der Waals surface area contributed by atoms with Crippen LogP contribution in [0.5, 0.6) is 0 Å². The largest absolute Gasteiger partial charge is 0.354 e. The maximum absolute atomic E-state index is 12.4. The van der Waals surface area contributed by atoms with Crippen LogP contribution in [-0.2, 0) is 30.7 Å². The number of aromatic amines is 1. The molecule has 4 N–H and O–H groups in total. The highest BCUT2D eigenvalue weighted by Crippen LogP contribution is 2.11. The van der Waals surface area contributed by atoms with Crippen LogP contribution in [0.25, 0.3) is 11.0 Å². The van der Waals surface area contributed by atoms with Gasteiger partial charge in [0.05, 0.1) is 11.0 Å². The molecule has 2 aromatic heterocycles. The first-order valence-corrected chi connectivity index (χ1v) is 9.22. The minimum Gasteiger partial charge on any atom is -0.354 e. The third-order valence-electron chi connectivity index (χ3n) is 4.88. The quantitative estimate of drug-likeness (QED) is 0.581. The lowest BCUT2D eigenvalue weighted by molar-refractivity contribution is -0.121. The molecule has 1 amide bonds. The summed E-state index contributed by atoms with van der Waals surface area (Å²) in [6.45, 7) is 0.920. The van der Waals surface area contributed by atoms with Gasteiger partial charge in [0.15, 0.2) is 0 Å². The first-order valence-electron chi connectivity index (χ1n) is 9.22. The van der Waals surface area contributed by atoms with Gasteiger partial charge in [0.25, 0.3) is 0 Å². The van der Waals surface area contributed by atoms with Crippen molar-refractivity contribution in [1.82, 2.24) is 29.6 Å². The molecule has 0 saturated carbocycles. The lowest BCUT2D eigenvalue weighted by Gasteiger charge is -2.05. The summed E-state index contributed by atoms with van der Waals surface area (Å²) < 4.78 is 2.87. The molecule has 1 unspecified atom stereocenters. The number of hydrogen-bond donors (Lipinski definition) is 3. The van der Waals surface area contributed by atoms with E-state index in [0.717, 1.165) is 29.7 Å². The molecule has 1 atom stereocenters. The molecule has 0 aliphatic carbocycles. The van der Waals surface area contributed by atoms with E-state index in [1.54, 1.807) is 4.57 Å². The lowest BCUT2D eigenvalue weighted by atomic mass is 10.1. The molecule has 0 saturated heterocycles. The molecule has 1 aliphatic rings. The normalized spacial score (nSPS) is 16.9. The van der Waals surface area contributed by atoms with Crippen molar-refractivity contribution in [3.63, 3.8) is 0 Å². The van der Waals surface area contributed by atoms with Gasteiger partial charge in [-0.3, -0.25) is 9.36 Å². The molecule has 0 spiro atoms. The van der Waals surface area contributed by atoms with E-state index < -0.39 is 0 Å². The van der Waals surface area contributed by atoms with Gasteiger partial charge >= 0.3 is 5.69 Å². The number of hydrogen-bond acceptors (Lipinski definition) is 5. The number of nitrogens with one attached hydrogen (secondary N) is 2. The fourth-order valence-corrected chi connectivity index (χ4v) is 3.39. The highest BCUT2D eigenvalue weighted by molar-refractivity contribution is 5.76. The second kappa shape index (κ2) is 7.36. The van der Waals surface area contributed by atoms with E-state index in [0.29, 0.717) is 31.8 Å². The first-order chi connectivity index (χ1) is 13.1. The number of aryl methyl sites for hydroxylation is 1.